The zero-order valence-corrected chi connectivity index (χ0v) is 22.3. The molecule has 1 aromatic heterocycles. The lowest BCUT2D eigenvalue weighted by atomic mass is 9.95. The van der Waals surface area contributed by atoms with Crippen molar-refractivity contribution in [2.75, 3.05) is 4.72 Å². The van der Waals surface area contributed by atoms with Gasteiger partial charge in [-0.25, -0.2) is 18.1 Å². The van der Waals surface area contributed by atoms with E-state index in [4.69, 9.17) is 4.74 Å². The number of fused-ring (bicyclic) bond motifs is 4. The van der Waals surface area contributed by atoms with E-state index in [-0.39, 0.29) is 46.3 Å². The molecule has 1 unspecified atom stereocenters. The summed E-state index contributed by atoms with van der Waals surface area (Å²) in [6.07, 6.45) is 2.41. The van der Waals surface area contributed by atoms with Crippen LogP contribution in [0.25, 0.3) is 11.3 Å². The lowest BCUT2D eigenvalue weighted by Gasteiger charge is -2.30. The molecule has 1 amide bonds. The van der Waals surface area contributed by atoms with Gasteiger partial charge in [0.05, 0.1) is 16.6 Å². The highest BCUT2D eigenvalue weighted by Crippen LogP contribution is 2.38. The van der Waals surface area contributed by atoms with Crippen LogP contribution < -0.4 is 14.8 Å². The standard InChI is InChI=1S/C28H32N4O4S/c1-16(2)13-23-26(19-11-12-19)36-24-15-22(25-17(3)7-5-8-18(25)4)30-28(31-24)32-37(34,35)21-10-6-9-20(14-21)27(33)29-23/h5-10,14-16,19,23,26H,11-13H2,1-4H3,(H,29,33)(H,30,31,32)/t23-,26?/m1/s1. The van der Waals surface area contributed by atoms with Gasteiger partial charge in [0.2, 0.25) is 11.8 Å². The third-order valence-electron chi connectivity index (χ3n) is 6.85. The van der Waals surface area contributed by atoms with Crippen molar-refractivity contribution in [2.45, 2.75) is 64.0 Å². The van der Waals surface area contributed by atoms with Crippen LogP contribution in [0, 0.1) is 25.7 Å². The summed E-state index contributed by atoms with van der Waals surface area (Å²) in [7, 11) is -4.06. The van der Waals surface area contributed by atoms with Crippen LogP contribution in [0.15, 0.2) is 53.4 Å². The number of aryl methyl sites for hydroxylation is 2. The summed E-state index contributed by atoms with van der Waals surface area (Å²) < 4.78 is 35.6. The third-order valence-corrected chi connectivity index (χ3v) is 8.18. The molecule has 2 aliphatic rings. The first-order valence-electron chi connectivity index (χ1n) is 12.7. The van der Waals surface area contributed by atoms with Crippen molar-refractivity contribution >= 4 is 21.9 Å². The van der Waals surface area contributed by atoms with Gasteiger partial charge in [-0.2, -0.15) is 4.98 Å². The minimum atomic E-state index is -4.06. The molecule has 5 rings (SSSR count). The average molecular weight is 521 g/mol. The van der Waals surface area contributed by atoms with Crippen molar-refractivity contribution in [1.82, 2.24) is 15.3 Å². The van der Waals surface area contributed by atoms with Crippen LogP contribution in [0.3, 0.4) is 0 Å². The molecule has 0 spiro atoms. The molecule has 1 aliphatic heterocycles. The molecular weight excluding hydrogens is 488 g/mol. The van der Waals surface area contributed by atoms with Crippen LogP contribution in [0.5, 0.6) is 5.88 Å². The van der Waals surface area contributed by atoms with Gasteiger partial charge in [0.25, 0.3) is 15.9 Å². The Morgan fingerprint density at radius 3 is 2.41 bits per heavy atom. The first kappa shape index (κ1) is 25.2. The van der Waals surface area contributed by atoms with Crippen LogP contribution in [-0.4, -0.2) is 36.4 Å². The predicted molar refractivity (Wildman–Crippen MR) is 142 cm³/mol. The van der Waals surface area contributed by atoms with Gasteiger partial charge < -0.3 is 10.1 Å². The van der Waals surface area contributed by atoms with Gasteiger partial charge in [-0.05, 0) is 74.3 Å². The first-order valence-corrected chi connectivity index (χ1v) is 14.1. The van der Waals surface area contributed by atoms with E-state index >= 15 is 0 Å². The van der Waals surface area contributed by atoms with Gasteiger partial charge in [0.15, 0.2) is 0 Å². The predicted octanol–water partition coefficient (Wildman–Crippen LogP) is 4.88. The Morgan fingerprint density at radius 2 is 1.73 bits per heavy atom. The minimum absolute atomic E-state index is 0.0397. The number of rotatable bonds is 4. The second kappa shape index (κ2) is 9.78. The SMILES string of the molecule is Cc1cccc(C)c1-c1cc2nc(n1)NS(=O)(=O)c1cccc(c1)C(=O)N[C@H](CC(C)C)C(C1CC1)O2. The molecule has 9 heteroatoms. The molecule has 1 saturated carbocycles. The van der Waals surface area contributed by atoms with Crippen LogP contribution in [0.1, 0.15) is 54.6 Å². The minimum Gasteiger partial charge on any atom is -0.472 e. The highest BCUT2D eigenvalue weighted by molar-refractivity contribution is 7.92. The molecule has 2 atom stereocenters. The number of carbonyl (C=O) groups is 1. The average Bonchev–Trinajstić information content (AvgIpc) is 3.66. The van der Waals surface area contributed by atoms with Crippen LogP contribution in [0.2, 0.25) is 0 Å². The maximum absolute atomic E-state index is 13.3. The summed E-state index contributed by atoms with van der Waals surface area (Å²) in [6, 6.07) is 13.5. The summed E-state index contributed by atoms with van der Waals surface area (Å²) >= 11 is 0. The summed E-state index contributed by atoms with van der Waals surface area (Å²) in [5.41, 5.74) is 3.76. The number of benzene rings is 2. The lowest BCUT2D eigenvalue weighted by molar-refractivity contribution is 0.0801. The van der Waals surface area contributed by atoms with Gasteiger partial charge >= 0.3 is 0 Å². The summed E-state index contributed by atoms with van der Waals surface area (Å²) in [4.78, 5) is 22.3. The number of hydrogen-bond acceptors (Lipinski definition) is 6. The van der Waals surface area contributed by atoms with E-state index in [0.717, 1.165) is 29.5 Å². The van der Waals surface area contributed by atoms with Crippen LogP contribution >= 0.6 is 0 Å². The maximum atomic E-state index is 13.3. The molecule has 2 heterocycles. The van der Waals surface area contributed by atoms with E-state index in [1.54, 1.807) is 18.2 Å². The highest BCUT2D eigenvalue weighted by Gasteiger charge is 2.40. The Kier molecular flexibility index (Phi) is 6.66. The maximum Gasteiger partial charge on any atom is 0.264 e. The van der Waals surface area contributed by atoms with Crippen molar-refractivity contribution < 1.29 is 17.9 Å². The Hall–Kier alpha value is -3.46. The Balaban J connectivity index is 1.69. The fraction of sp³-hybridized carbons (Fsp3) is 0.393. The zero-order valence-electron chi connectivity index (χ0n) is 21.5. The quantitative estimate of drug-likeness (QED) is 0.508. The Bertz CT molecular complexity index is 1430. The van der Waals surface area contributed by atoms with Crippen molar-refractivity contribution in [3.05, 3.63) is 65.2 Å². The third kappa shape index (κ3) is 5.46. The molecule has 0 radical (unpaired) electrons. The van der Waals surface area contributed by atoms with E-state index in [9.17, 15) is 13.2 Å². The fourth-order valence-electron chi connectivity index (χ4n) is 4.97. The largest absolute Gasteiger partial charge is 0.472 e. The summed E-state index contributed by atoms with van der Waals surface area (Å²) in [5.74, 6) is 0.458. The molecule has 37 heavy (non-hydrogen) atoms. The summed E-state index contributed by atoms with van der Waals surface area (Å²) in [6.45, 7) is 8.19. The molecule has 194 valence electrons. The molecule has 3 aromatic rings. The van der Waals surface area contributed by atoms with E-state index < -0.39 is 10.0 Å². The van der Waals surface area contributed by atoms with Crippen molar-refractivity contribution in [1.29, 1.82) is 0 Å². The molecule has 1 aliphatic carbocycles. The topological polar surface area (TPSA) is 110 Å². The Morgan fingerprint density at radius 1 is 1.03 bits per heavy atom. The number of aromatic nitrogens is 2. The number of hydrogen-bond donors (Lipinski definition) is 2. The number of anilines is 1. The zero-order chi connectivity index (χ0) is 26.3. The van der Waals surface area contributed by atoms with Crippen LogP contribution in [0.4, 0.5) is 5.95 Å². The van der Waals surface area contributed by atoms with Crippen LogP contribution in [-0.2, 0) is 10.0 Å². The molecule has 1 fully saturated rings. The number of nitrogens with zero attached hydrogens (tertiary/aromatic N) is 2. The second-order valence-corrected chi connectivity index (χ2v) is 12.1. The second-order valence-electron chi connectivity index (χ2n) is 10.4. The van der Waals surface area contributed by atoms with Gasteiger partial charge in [-0.1, -0.05) is 38.1 Å². The van der Waals surface area contributed by atoms with Crippen molar-refractivity contribution in [2.24, 2.45) is 11.8 Å². The smallest absolute Gasteiger partial charge is 0.264 e. The van der Waals surface area contributed by atoms with E-state index in [0.29, 0.717) is 18.0 Å². The van der Waals surface area contributed by atoms with E-state index in [2.05, 4.69) is 33.9 Å². The van der Waals surface area contributed by atoms with Gasteiger partial charge in [-0.3, -0.25) is 4.79 Å². The monoisotopic (exact) mass is 520 g/mol. The van der Waals surface area contributed by atoms with Gasteiger partial charge in [-0.15, -0.1) is 0 Å². The van der Waals surface area contributed by atoms with Crippen molar-refractivity contribution in [3.8, 4) is 17.1 Å². The normalized spacial score (nSPS) is 21.1. The molecule has 0 saturated heterocycles. The first-order chi connectivity index (χ1) is 17.6. The van der Waals surface area contributed by atoms with E-state index in [1.807, 2.05) is 32.0 Å². The van der Waals surface area contributed by atoms with Crippen molar-refractivity contribution in [3.63, 3.8) is 0 Å². The van der Waals surface area contributed by atoms with Gasteiger partial charge in [0.1, 0.15) is 6.10 Å². The van der Waals surface area contributed by atoms with Gasteiger partial charge in [0, 0.05) is 17.2 Å². The number of ether oxygens (including phenoxy) is 1. The van der Waals surface area contributed by atoms with E-state index in [1.165, 1.54) is 12.1 Å². The number of sulfonamides is 1. The fourth-order valence-corrected chi connectivity index (χ4v) is 5.96. The number of carbonyl (C=O) groups excluding carboxylic acids is 1. The number of nitrogens with one attached hydrogen (secondary N) is 2. The molecular formula is C28H32N4O4S. The number of amides is 1. The molecule has 2 N–H and O–H groups in total. The Labute approximate surface area is 217 Å². The molecule has 8 nitrogen and oxygen atoms in total. The summed E-state index contributed by atoms with van der Waals surface area (Å²) in [5, 5.41) is 3.14. The molecule has 2 aromatic carbocycles. The highest BCUT2D eigenvalue weighted by atomic mass is 32.2. The lowest BCUT2D eigenvalue weighted by Crippen LogP contribution is -2.48. The molecule has 4 bridgehead atoms.